The molecule has 23 heavy (non-hydrogen) atoms. The maximum Gasteiger partial charge on any atom is 0.336 e. The fraction of sp³-hybridized carbons (Fsp3) is 0.250. The van der Waals surface area contributed by atoms with Crippen molar-refractivity contribution >= 4 is 5.97 Å². The molecule has 3 heteroatoms. The van der Waals surface area contributed by atoms with Crippen LogP contribution in [0.3, 0.4) is 0 Å². The lowest BCUT2D eigenvalue weighted by molar-refractivity contribution is -0.136. The van der Waals surface area contributed by atoms with Crippen molar-refractivity contribution < 1.29 is 9.53 Å². The lowest BCUT2D eigenvalue weighted by Gasteiger charge is -2.38. The number of carbonyl (C=O) groups excluding carboxylic acids is 1. The number of fused-ring (bicyclic) bond motifs is 1. The second-order valence-corrected chi connectivity index (χ2v) is 6.37. The van der Waals surface area contributed by atoms with E-state index >= 15 is 0 Å². The van der Waals surface area contributed by atoms with Gasteiger partial charge in [-0.3, -0.25) is 0 Å². The van der Waals surface area contributed by atoms with Crippen LogP contribution in [0, 0.1) is 0 Å². The van der Waals surface area contributed by atoms with Gasteiger partial charge in [-0.2, -0.15) is 0 Å². The number of hydrogen-bond donors (Lipinski definition) is 1. The van der Waals surface area contributed by atoms with Gasteiger partial charge in [0.15, 0.2) is 0 Å². The van der Waals surface area contributed by atoms with Gasteiger partial charge in [-0.1, -0.05) is 68.4 Å². The number of allylic oxidation sites excluding steroid dienone is 1. The molecule has 2 aromatic carbocycles. The summed E-state index contributed by atoms with van der Waals surface area (Å²) in [6.45, 7) is 4.09. The molecule has 0 saturated heterocycles. The molecular weight excluding hydrogens is 286 g/mol. The van der Waals surface area contributed by atoms with E-state index in [1.54, 1.807) is 0 Å². The minimum absolute atomic E-state index is 0.201. The number of nitrogens with two attached hydrogens (primary N) is 1. The monoisotopic (exact) mass is 307 g/mol. The van der Waals surface area contributed by atoms with Crippen LogP contribution in [0.5, 0.6) is 0 Å². The van der Waals surface area contributed by atoms with E-state index in [2.05, 4.69) is 12.1 Å². The Balaban J connectivity index is 2.33. The van der Waals surface area contributed by atoms with E-state index < -0.39 is 5.41 Å². The highest BCUT2D eigenvalue weighted by atomic mass is 16.5. The topological polar surface area (TPSA) is 52.3 Å². The fourth-order valence-corrected chi connectivity index (χ4v) is 3.44. The van der Waals surface area contributed by atoms with E-state index in [4.69, 9.17) is 10.5 Å². The number of ether oxygens (including phenoxy) is 1. The van der Waals surface area contributed by atoms with Crippen molar-refractivity contribution in [2.45, 2.75) is 25.2 Å². The summed E-state index contributed by atoms with van der Waals surface area (Å²) in [6, 6.07) is 18.1. The first-order valence-electron chi connectivity index (χ1n) is 7.71. The molecule has 3 rings (SSSR count). The summed E-state index contributed by atoms with van der Waals surface area (Å²) in [4.78, 5) is 12.5. The Morgan fingerprint density at radius 1 is 1.04 bits per heavy atom. The molecule has 0 amide bonds. The number of carbonyl (C=O) groups is 1. The highest BCUT2D eigenvalue weighted by Gasteiger charge is 2.41. The third kappa shape index (κ3) is 2.33. The molecule has 0 bridgehead atoms. The molecule has 1 aliphatic rings. The standard InChI is InChI=1S/C20H21NO2/c1-20(2)15-12-8-7-11-14(15)16(13-9-5-4-6-10-13)17(18(20)21)19(22)23-3/h4-12,16H,21H2,1-3H3. The molecule has 1 unspecified atom stereocenters. The van der Waals surface area contributed by atoms with Crippen LogP contribution in [0.15, 0.2) is 65.9 Å². The minimum atomic E-state index is -0.411. The van der Waals surface area contributed by atoms with Crippen LogP contribution in [0.1, 0.15) is 36.5 Å². The first kappa shape index (κ1) is 15.3. The molecule has 1 atom stereocenters. The maximum atomic E-state index is 12.5. The average molecular weight is 307 g/mol. The summed E-state index contributed by atoms with van der Waals surface area (Å²) in [5.41, 5.74) is 10.5. The van der Waals surface area contributed by atoms with Gasteiger partial charge in [-0.25, -0.2) is 4.79 Å². The summed E-state index contributed by atoms with van der Waals surface area (Å²) in [5.74, 6) is -0.563. The molecule has 3 nitrogen and oxygen atoms in total. The Bertz CT molecular complexity index is 775. The van der Waals surface area contributed by atoms with Crippen molar-refractivity contribution in [1.82, 2.24) is 0 Å². The molecule has 0 spiro atoms. The first-order valence-corrected chi connectivity index (χ1v) is 7.71. The molecule has 0 radical (unpaired) electrons. The van der Waals surface area contributed by atoms with Crippen molar-refractivity contribution in [3.8, 4) is 0 Å². The highest BCUT2D eigenvalue weighted by Crippen LogP contribution is 2.47. The van der Waals surface area contributed by atoms with Crippen molar-refractivity contribution in [2.75, 3.05) is 7.11 Å². The smallest absolute Gasteiger partial charge is 0.336 e. The van der Waals surface area contributed by atoms with E-state index in [0.717, 1.165) is 16.7 Å². The predicted molar refractivity (Wildman–Crippen MR) is 91.0 cm³/mol. The van der Waals surface area contributed by atoms with Crippen LogP contribution in [-0.4, -0.2) is 13.1 Å². The second-order valence-electron chi connectivity index (χ2n) is 6.37. The van der Waals surface area contributed by atoms with Gasteiger partial charge in [-0.05, 0) is 16.7 Å². The number of rotatable bonds is 2. The summed E-state index contributed by atoms with van der Waals surface area (Å²) >= 11 is 0. The normalized spacial score (nSPS) is 19.2. The van der Waals surface area contributed by atoms with Gasteiger partial charge < -0.3 is 10.5 Å². The molecule has 118 valence electrons. The van der Waals surface area contributed by atoms with E-state index in [1.165, 1.54) is 7.11 Å². The molecular formula is C20H21NO2. The van der Waals surface area contributed by atoms with Gasteiger partial charge in [-0.15, -0.1) is 0 Å². The zero-order valence-corrected chi connectivity index (χ0v) is 13.7. The van der Waals surface area contributed by atoms with Crippen molar-refractivity contribution in [2.24, 2.45) is 5.73 Å². The van der Waals surface area contributed by atoms with E-state index in [9.17, 15) is 4.79 Å². The number of benzene rings is 2. The summed E-state index contributed by atoms with van der Waals surface area (Å²) in [7, 11) is 1.40. The largest absolute Gasteiger partial charge is 0.466 e. The van der Waals surface area contributed by atoms with Gasteiger partial charge in [0.2, 0.25) is 0 Å². The van der Waals surface area contributed by atoms with Crippen LogP contribution in [0.2, 0.25) is 0 Å². The van der Waals surface area contributed by atoms with Crippen LogP contribution >= 0.6 is 0 Å². The molecule has 0 saturated carbocycles. The Morgan fingerprint density at radius 2 is 1.65 bits per heavy atom. The van der Waals surface area contributed by atoms with Gasteiger partial charge in [0.1, 0.15) is 0 Å². The number of methoxy groups -OCH3 is 1. The Labute approximate surface area is 136 Å². The fourth-order valence-electron chi connectivity index (χ4n) is 3.44. The van der Waals surface area contributed by atoms with Crippen LogP contribution < -0.4 is 5.73 Å². The lowest BCUT2D eigenvalue weighted by atomic mass is 9.66. The van der Waals surface area contributed by atoms with Gasteiger partial charge >= 0.3 is 5.97 Å². The summed E-state index contributed by atoms with van der Waals surface area (Å²) in [5, 5.41) is 0. The average Bonchev–Trinajstić information content (AvgIpc) is 2.58. The van der Waals surface area contributed by atoms with E-state index in [1.807, 2.05) is 56.3 Å². The predicted octanol–water partition coefficient (Wildman–Crippen LogP) is 3.50. The van der Waals surface area contributed by atoms with Crippen LogP contribution in [0.25, 0.3) is 0 Å². The third-order valence-electron chi connectivity index (χ3n) is 4.74. The second kappa shape index (κ2) is 5.58. The molecule has 2 N–H and O–H groups in total. The lowest BCUT2D eigenvalue weighted by Crippen LogP contribution is -2.37. The SMILES string of the molecule is COC(=O)C1=C(N)C(C)(C)c2ccccc2C1c1ccccc1. The summed E-state index contributed by atoms with van der Waals surface area (Å²) in [6.07, 6.45) is 0. The van der Waals surface area contributed by atoms with Crippen molar-refractivity contribution in [3.63, 3.8) is 0 Å². The van der Waals surface area contributed by atoms with E-state index in [-0.39, 0.29) is 11.9 Å². The third-order valence-corrected chi connectivity index (χ3v) is 4.74. The molecule has 0 fully saturated rings. The molecule has 1 aliphatic carbocycles. The zero-order valence-electron chi connectivity index (χ0n) is 13.7. The Kier molecular flexibility index (Phi) is 3.72. The van der Waals surface area contributed by atoms with Gasteiger partial charge in [0, 0.05) is 17.0 Å². The van der Waals surface area contributed by atoms with Gasteiger partial charge in [0.25, 0.3) is 0 Å². The zero-order chi connectivity index (χ0) is 16.6. The first-order chi connectivity index (χ1) is 11.0. The quantitative estimate of drug-likeness (QED) is 0.864. The highest BCUT2D eigenvalue weighted by molar-refractivity contribution is 5.93. The van der Waals surface area contributed by atoms with E-state index in [0.29, 0.717) is 11.3 Å². The molecule has 0 aromatic heterocycles. The van der Waals surface area contributed by atoms with Crippen molar-refractivity contribution in [3.05, 3.63) is 82.6 Å². The number of esters is 1. The molecule has 0 heterocycles. The summed E-state index contributed by atoms with van der Waals surface area (Å²) < 4.78 is 5.04. The van der Waals surface area contributed by atoms with Crippen molar-refractivity contribution in [1.29, 1.82) is 0 Å². The van der Waals surface area contributed by atoms with Gasteiger partial charge in [0.05, 0.1) is 12.7 Å². The Morgan fingerprint density at radius 3 is 2.30 bits per heavy atom. The number of hydrogen-bond acceptors (Lipinski definition) is 3. The molecule has 0 aliphatic heterocycles. The minimum Gasteiger partial charge on any atom is -0.466 e. The molecule has 2 aromatic rings. The Hall–Kier alpha value is -2.55. The van der Waals surface area contributed by atoms with Crippen LogP contribution in [0.4, 0.5) is 0 Å². The van der Waals surface area contributed by atoms with Crippen LogP contribution in [-0.2, 0) is 14.9 Å². The maximum absolute atomic E-state index is 12.5.